The standard InChI is InChI=1S/C17H14O2.C10H8O.C7H7FO.4C2H6.8CH3.2U.2V.2W.2Y/c1-18-16-8-4-5-9-17(16)19-15-11-10-13-6-2-3-7-14(13)12-15;11-10-6-5-8-3-1-2-4-9(8)7-10;1-9-7-5-3-2-4-6(7)8;4*1-2;;;;;;;;;;;;;;;;/h2-12H,1H3;1-7,11H;2-5H,1H3;4*1-2H3;8*1H3;;;;;;;;/q;;;;;;;8*-1;;;;;;;;. The summed E-state index contributed by atoms with van der Waals surface area (Å²) in [5, 5.41) is 13.7. The molecule has 4 nitrogen and oxygen atoms in total. The number of phenols is 1. The molecule has 0 heterocycles. The van der Waals surface area contributed by atoms with Gasteiger partial charge in [0.05, 0.1) is 14.2 Å². The summed E-state index contributed by atoms with van der Waals surface area (Å²) in [6, 6.07) is 41.5. The van der Waals surface area contributed by atoms with Crippen LogP contribution in [0.25, 0.3) is 21.5 Å². The molecule has 0 aliphatic heterocycles. The van der Waals surface area contributed by atoms with Gasteiger partial charge in [-0.2, -0.15) is 0 Å². The largest absolute Gasteiger partial charge is 0.508 e. The van der Waals surface area contributed by atoms with Crippen molar-refractivity contribution in [2.75, 3.05) is 14.2 Å². The Balaban J connectivity index is -0.0000000288. The van der Waals surface area contributed by atoms with Crippen LogP contribution in [0.4, 0.5) is 4.39 Å². The molecule has 0 aromatic heterocycles. The topological polar surface area (TPSA) is 47.9 Å². The molecule has 6 rings (SSSR count). The minimum atomic E-state index is -0.319. The van der Waals surface area contributed by atoms with Crippen LogP contribution in [0.5, 0.6) is 28.7 Å². The first kappa shape index (κ1) is 115. The molecular formula is C50H77FO4U2V2W2Y2-8. The monoisotopic (exact) mass is 1880 g/mol. The molecule has 0 fully saturated rings. The van der Waals surface area contributed by atoms with Crippen LogP contribution in [0.15, 0.2) is 133 Å². The third kappa shape index (κ3) is 47.3. The molecule has 0 aliphatic carbocycles. The van der Waals surface area contributed by atoms with E-state index in [9.17, 15) is 4.39 Å². The number of halogens is 1. The summed E-state index contributed by atoms with van der Waals surface area (Å²) in [6.07, 6.45) is 0. The second kappa shape index (κ2) is 78.0. The van der Waals surface area contributed by atoms with Crippen molar-refractivity contribution in [1.82, 2.24) is 0 Å². The Bertz CT molecular complexity index is 1700. The molecule has 0 saturated carbocycles. The number of ether oxygens (including phenoxy) is 3. The zero-order chi connectivity index (χ0) is 35.5. The maximum Gasteiger partial charge on any atom is 0.169 e. The van der Waals surface area contributed by atoms with Gasteiger partial charge < -0.3 is 78.7 Å². The van der Waals surface area contributed by atoms with Gasteiger partial charge >= 0.3 is 0 Å². The van der Waals surface area contributed by atoms with Crippen molar-refractivity contribution >= 4 is 21.5 Å². The van der Waals surface area contributed by atoms with Gasteiger partial charge in [-0.15, -0.1) is 0 Å². The number of benzene rings is 6. The molecule has 4 radical (unpaired) electrons. The molecule has 0 aliphatic rings. The van der Waals surface area contributed by atoms with Crippen LogP contribution in [-0.4, -0.2) is 19.3 Å². The second-order valence-electron chi connectivity index (χ2n) is 8.43. The van der Waals surface area contributed by atoms with Crippen LogP contribution in [0.2, 0.25) is 0 Å². The van der Waals surface area contributed by atoms with Crippen molar-refractivity contribution in [3.05, 3.63) is 199 Å². The predicted molar refractivity (Wildman–Crippen MR) is 252 cm³/mol. The van der Waals surface area contributed by atoms with E-state index in [-0.39, 0.29) is 278 Å². The zero-order valence-electron chi connectivity index (χ0n) is 41.6. The Kier molecular flexibility index (Phi) is 143. The SMILES string of the molecule is CC.CC.CC.CC.COc1ccccc1F.COc1ccccc1Oc1ccc2ccccc2c1.Oc1ccc2ccccc2c1.[CH3-].[CH3-].[CH3-].[CH3-].[CH3-].[CH3-].[CH3-].[CH3-].[U].[U].[V].[V].[W].[W].[Y].[Y]. The number of aromatic hydroxyl groups is 1. The van der Waals surface area contributed by atoms with Gasteiger partial charge in [0.15, 0.2) is 23.1 Å². The second-order valence-corrected chi connectivity index (χ2v) is 8.43. The minimum absolute atomic E-state index is 0. The maximum absolute atomic E-state index is 12.5. The van der Waals surface area contributed by atoms with Crippen LogP contribution in [0, 0.1) is 127 Å². The number of para-hydroxylation sites is 3. The van der Waals surface area contributed by atoms with Crippen molar-refractivity contribution in [3.63, 3.8) is 0 Å². The van der Waals surface area contributed by atoms with Gasteiger partial charge in [-0.05, 0) is 70.1 Å². The van der Waals surface area contributed by atoms with E-state index < -0.39 is 0 Å². The van der Waals surface area contributed by atoms with Gasteiger partial charge in [0.25, 0.3) is 0 Å². The van der Waals surface area contributed by atoms with Crippen molar-refractivity contribution < 1.29 is 231 Å². The molecule has 0 atom stereocenters. The van der Waals surface area contributed by atoms with Crippen LogP contribution in [0.3, 0.4) is 0 Å². The fourth-order valence-corrected chi connectivity index (χ4v) is 3.85. The third-order valence-corrected chi connectivity index (χ3v) is 5.81. The average molecular weight is 1880 g/mol. The Hall–Kier alpha value is 1.83. The maximum atomic E-state index is 12.5. The fraction of sp³-hybridized carbons (Fsp3) is 0.200. The summed E-state index contributed by atoms with van der Waals surface area (Å²) in [5.41, 5.74) is 0. The van der Waals surface area contributed by atoms with Crippen LogP contribution < -0.4 is 14.2 Å². The quantitative estimate of drug-likeness (QED) is 0.179. The Morgan fingerprint density at radius 1 is 0.397 bits per heavy atom. The number of methoxy groups -OCH3 is 2. The van der Waals surface area contributed by atoms with Gasteiger partial charge in [-0.1, -0.05) is 140 Å². The summed E-state index contributed by atoms with van der Waals surface area (Å²) >= 11 is 0. The van der Waals surface area contributed by atoms with E-state index >= 15 is 0 Å². The van der Waals surface area contributed by atoms with Crippen molar-refractivity contribution in [1.29, 1.82) is 0 Å². The van der Waals surface area contributed by atoms with Crippen LogP contribution in [-0.2, 0) is 145 Å². The molecule has 0 unspecified atom stereocenters. The Morgan fingerprint density at radius 2 is 0.698 bits per heavy atom. The minimum Gasteiger partial charge on any atom is -0.508 e. The third-order valence-electron chi connectivity index (χ3n) is 5.81. The van der Waals surface area contributed by atoms with Crippen LogP contribution >= 0.6 is 0 Å². The molecule has 6 aromatic rings. The van der Waals surface area contributed by atoms with E-state index in [2.05, 4.69) is 22.9 Å². The molecule has 6 aromatic carbocycles. The number of rotatable bonds is 4. The van der Waals surface area contributed by atoms with Crippen molar-refractivity contribution in [3.8, 4) is 28.7 Å². The van der Waals surface area contributed by atoms with Crippen LogP contribution in [0.1, 0.15) is 55.4 Å². The molecule has 0 bridgehead atoms. The average Bonchev–Trinajstić information content (AvgIpc) is 3.16. The predicted octanol–water partition coefficient (Wildman–Crippen LogP) is 16.7. The first-order valence-corrected chi connectivity index (χ1v) is 16.3. The van der Waals surface area contributed by atoms with E-state index in [0.29, 0.717) is 5.75 Å². The first-order chi connectivity index (χ1) is 23.1. The fourth-order valence-electron chi connectivity index (χ4n) is 3.85. The van der Waals surface area contributed by atoms with Crippen molar-refractivity contribution in [2.24, 2.45) is 0 Å². The van der Waals surface area contributed by atoms with E-state index in [1.54, 1.807) is 37.4 Å². The number of hydrogen-bond acceptors (Lipinski definition) is 4. The van der Waals surface area contributed by atoms with E-state index in [4.69, 9.17) is 14.6 Å². The smallest absolute Gasteiger partial charge is 0.169 e. The summed E-state index contributed by atoms with van der Waals surface area (Å²) in [6.45, 7) is 16.0. The van der Waals surface area contributed by atoms with Gasteiger partial charge in [0.1, 0.15) is 11.5 Å². The van der Waals surface area contributed by atoms with E-state index in [1.807, 2.05) is 134 Å². The normalized spacial score (nSPS) is 6.59. The Labute approximate surface area is 540 Å². The van der Waals surface area contributed by atoms with E-state index in [1.165, 1.54) is 18.6 Å². The molecule has 13 heteroatoms. The molecule has 0 amide bonds. The van der Waals surface area contributed by atoms with E-state index in [0.717, 1.165) is 33.4 Å². The van der Waals surface area contributed by atoms with Gasteiger partial charge in [-0.3, -0.25) is 0 Å². The van der Waals surface area contributed by atoms with Gasteiger partial charge in [0, 0.05) is 207 Å². The molecule has 63 heavy (non-hydrogen) atoms. The molecular weight excluding hydrogens is 1810 g/mol. The summed E-state index contributed by atoms with van der Waals surface area (Å²) in [7, 11) is 3.08. The van der Waals surface area contributed by atoms with Gasteiger partial charge in [0.2, 0.25) is 0 Å². The number of phenolic OH excluding ortho intramolecular Hbond substituents is 1. The summed E-state index contributed by atoms with van der Waals surface area (Å²) < 4.78 is 28.3. The number of hydrogen-bond donors (Lipinski definition) is 1. The molecule has 0 saturated heterocycles. The first-order valence-electron chi connectivity index (χ1n) is 16.3. The molecule has 0 spiro atoms. The summed E-state index contributed by atoms with van der Waals surface area (Å²) in [5.74, 6) is 2.56. The Morgan fingerprint density at radius 3 is 1.06 bits per heavy atom. The number of fused-ring (bicyclic) bond motifs is 2. The molecule has 1 N–H and O–H groups in total. The van der Waals surface area contributed by atoms with Crippen molar-refractivity contribution in [2.45, 2.75) is 55.4 Å². The molecule has 352 valence electrons. The summed E-state index contributed by atoms with van der Waals surface area (Å²) in [4.78, 5) is 0. The zero-order valence-corrected chi connectivity index (χ0v) is 64.3. The van der Waals surface area contributed by atoms with Gasteiger partial charge in [-0.25, -0.2) is 4.39 Å².